The molecule has 0 bridgehead atoms. The maximum Gasteiger partial charge on any atom is 0.333 e. The predicted octanol–water partition coefficient (Wildman–Crippen LogP) is 0.306. The highest BCUT2D eigenvalue weighted by Gasteiger charge is 2.55. The number of aliphatic hydroxyl groups is 2. The van der Waals surface area contributed by atoms with Crippen LogP contribution >= 0.6 is 0 Å². The van der Waals surface area contributed by atoms with Gasteiger partial charge >= 0.3 is 5.97 Å². The van der Waals surface area contributed by atoms with E-state index in [2.05, 4.69) is 4.89 Å². The zero-order chi connectivity index (χ0) is 17.3. The van der Waals surface area contributed by atoms with Crippen LogP contribution in [0.25, 0.3) is 0 Å². The fourth-order valence-corrected chi connectivity index (χ4v) is 2.57. The summed E-state index contributed by atoms with van der Waals surface area (Å²) in [5, 5.41) is 30.0. The molecule has 1 fully saturated rings. The molecule has 0 radical (unpaired) electrons. The molecule has 1 aliphatic heterocycles. The van der Waals surface area contributed by atoms with Crippen molar-refractivity contribution < 1.29 is 39.4 Å². The summed E-state index contributed by atoms with van der Waals surface area (Å²) in [5.74, 6) is -2.34. The van der Waals surface area contributed by atoms with E-state index in [1.54, 1.807) is 34.6 Å². The first-order valence-corrected chi connectivity index (χ1v) is 7.05. The molecule has 1 rings (SSSR count). The van der Waals surface area contributed by atoms with Crippen LogP contribution in [-0.2, 0) is 24.0 Å². The lowest BCUT2D eigenvalue weighted by Gasteiger charge is -2.47. The number of carboxylic acids is 1. The average molecular weight is 322 g/mol. The monoisotopic (exact) mass is 322 g/mol. The molecule has 8 nitrogen and oxygen atoms in total. The van der Waals surface area contributed by atoms with Gasteiger partial charge in [0.1, 0.15) is 11.7 Å². The van der Waals surface area contributed by atoms with E-state index in [-0.39, 0.29) is 0 Å². The Balaban J connectivity index is 3.08. The van der Waals surface area contributed by atoms with Crippen molar-refractivity contribution in [2.45, 2.75) is 70.4 Å². The van der Waals surface area contributed by atoms with E-state index >= 15 is 0 Å². The van der Waals surface area contributed by atoms with Crippen LogP contribution < -0.4 is 0 Å². The Morgan fingerprint density at radius 1 is 1.09 bits per heavy atom. The predicted molar refractivity (Wildman–Crippen MR) is 74.8 cm³/mol. The van der Waals surface area contributed by atoms with Crippen LogP contribution in [-0.4, -0.2) is 64.2 Å². The van der Waals surface area contributed by atoms with E-state index in [0.29, 0.717) is 0 Å². The number of hydrogen-bond acceptors (Lipinski definition) is 7. The molecular formula is C14H26O8. The Morgan fingerprint density at radius 3 is 2.05 bits per heavy atom. The van der Waals surface area contributed by atoms with Gasteiger partial charge in [0.15, 0.2) is 12.4 Å². The summed E-state index contributed by atoms with van der Waals surface area (Å²) in [6, 6.07) is 0. The summed E-state index contributed by atoms with van der Waals surface area (Å²) >= 11 is 0. The number of hydrogen-bond donors (Lipinski definition) is 3. The van der Waals surface area contributed by atoms with Gasteiger partial charge in [-0.3, -0.25) is 0 Å². The Kier molecular flexibility index (Phi) is 5.94. The summed E-state index contributed by atoms with van der Waals surface area (Å²) < 4.78 is 10.9. The lowest BCUT2D eigenvalue weighted by molar-refractivity contribution is -0.382. The van der Waals surface area contributed by atoms with Crippen molar-refractivity contribution in [2.24, 2.45) is 5.92 Å². The molecule has 1 aliphatic rings. The third-order valence-electron chi connectivity index (χ3n) is 3.42. The molecule has 8 heteroatoms. The third kappa shape index (κ3) is 4.37. The summed E-state index contributed by atoms with van der Waals surface area (Å²) in [6.45, 7) is 8.28. The number of aliphatic hydroxyl groups excluding tert-OH is 2. The van der Waals surface area contributed by atoms with Crippen LogP contribution in [0.5, 0.6) is 0 Å². The number of carboxylic acid groups (broad SMARTS) is 1. The molecule has 0 spiro atoms. The van der Waals surface area contributed by atoms with Gasteiger partial charge in [0.25, 0.3) is 0 Å². The minimum absolute atomic E-state index is 0.681. The molecule has 130 valence electrons. The Morgan fingerprint density at radius 2 is 1.64 bits per heavy atom. The second-order valence-corrected chi connectivity index (χ2v) is 6.85. The number of carbonyl (C=O) groups is 1. The zero-order valence-electron chi connectivity index (χ0n) is 13.8. The van der Waals surface area contributed by atoms with Gasteiger partial charge in [-0.25, -0.2) is 14.6 Å². The molecule has 1 heterocycles. The van der Waals surface area contributed by atoms with Crippen molar-refractivity contribution in [2.75, 3.05) is 7.11 Å². The van der Waals surface area contributed by atoms with Gasteiger partial charge < -0.3 is 24.8 Å². The molecule has 0 amide bonds. The molecule has 0 aromatic rings. The van der Waals surface area contributed by atoms with Crippen molar-refractivity contribution in [1.29, 1.82) is 0 Å². The molecule has 0 aliphatic carbocycles. The summed E-state index contributed by atoms with van der Waals surface area (Å²) in [5.41, 5.74) is -1.88. The van der Waals surface area contributed by atoms with Crippen molar-refractivity contribution in [3.05, 3.63) is 0 Å². The van der Waals surface area contributed by atoms with E-state index in [4.69, 9.17) is 14.4 Å². The summed E-state index contributed by atoms with van der Waals surface area (Å²) in [4.78, 5) is 21.2. The van der Waals surface area contributed by atoms with Gasteiger partial charge in [-0.2, -0.15) is 0 Å². The van der Waals surface area contributed by atoms with Gasteiger partial charge in [0, 0.05) is 0 Å². The normalized spacial score (nSPS) is 33.7. The minimum Gasteiger partial charge on any atom is -0.479 e. The average Bonchev–Trinajstić information content (AvgIpc) is 2.32. The van der Waals surface area contributed by atoms with Crippen LogP contribution in [0.4, 0.5) is 0 Å². The molecule has 3 N–H and O–H groups in total. The molecule has 4 unspecified atom stereocenters. The molecule has 5 atom stereocenters. The van der Waals surface area contributed by atoms with Crippen LogP contribution in [0.1, 0.15) is 34.6 Å². The molecule has 1 saturated heterocycles. The fraction of sp³-hybridized carbons (Fsp3) is 0.929. The SMILES string of the molecule is COOC(C)(C)[C@@H]1C(C(=O)O)OC(OC(C)(C)C)C(O)C1O. The van der Waals surface area contributed by atoms with Crippen LogP contribution in [0.3, 0.4) is 0 Å². The van der Waals surface area contributed by atoms with Crippen molar-refractivity contribution in [3.8, 4) is 0 Å². The highest BCUT2D eigenvalue weighted by molar-refractivity contribution is 5.73. The lowest BCUT2D eigenvalue weighted by Crippen LogP contribution is -2.64. The molecule has 0 saturated carbocycles. The minimum atomic E-state index is -1.42. The second-order valence-electron chi connectivity index (χ2n) is 6.85. The quantitative estimate of drug-likeness (QED) is 0.489. The summed E-state index contributed by atoms with van der Waals surface area (Å²) in [6.07, 6.45) is -5.52. The first kappa shape index (κ1) is 19.3. The number of rotatable bonds is 5. The zero-order valence-corrected chi connectivity index (χ0v) is 13.8. The van der Waals surface area contributed by atoms with Gasteiger partial charge in [0.05, 0.1) is 24.7 Å². The van der Waals surface area contributed by atoms with Crippen LogP contribution in [0.15, 0.2) is 0 Å². The Hall–Kier alpha value is -0.770. The summed E-state index contributed by atoms with van der Waals surface area (Å²) in [7, 11) is 1.27. The molecule has 0 aromatic heterocycles. The standard InChI is InChI=1S/C14H26O8/c1-13(2,3)21-12-9(16)8(15)7(10(20-12)11(17)18)14(4,5)22-19-6/h7-10,12,15-16H,1-6H3,(H,17,18)/t7-,8?,9?,10?,12?/m0/s1. The largest absolute Gasteiger partial charge is 0.479 e. The first-order valence-electron chi connectivity index (χ1n) is 7.05. The topological polar surface area (TPSA) is 115 Å². The van der Waals surface area contributed by atoms with E-state index in [1.165, 1.54) is 7.11 Å². The van der Waals surface area contributed by atoms with Crippen molar-refractivity contribution >= 4 is 5.97 Å². The lowest BCUT2D eigenvalue weighted by atomic mass is 9.77. The van der Waals surface area contributed by atoms with Crippen LogP contribution in [0, 0.1) is 5.92 Å². The van der Waals surface area contributed by atoms with Crippen molar-refractivity contribution in [1.82, 2.24) is 0 Å². The number of ether oxygens (including phenoxy) is 2. The molecular weight excluding hydrogens is 296 g/mol. The van der Waals surface area contributed by atoms with E-state index in [1.807, 2.05) is 0 Å². The highest BCUT2D eigenvalue weighted by Crippen LogP contribution is 2.37. The Bertz CT molecular complexity index is 389. The Labute approximate surface area is 129 Å². The van der Waals surface area contributed by atoms with Gasteiger partial charge in [0.2, 0.25) is 0 Å². The van der Waals surface area contributed by atoms with Gasteiger partial charge in [-0.15, -0.1) is 0 Å². The van der Waals surface area contributed by atoms with Gasteiger partial charge in [-0.05, 0) is 34.6 Å². The van der Waals surface area contributed by atoms with Crippen molar-refractivity contribution in [3.63, 3.8) is 0 Å². The maximum atomic E-state index is 11.5. The van der Waals surface area contributed by atoms with E-state index in [9.17, 15) is 20.1 Å². The van der Waals surface area contributed by atoms with Gasteiger partial charge in [-0.1, -0.05) is 0 Å². The number of aliphatic carboxylic acids is 1. The molecule has 22 heavy (non-hydrogen) atoms. The molecule has 0 aromatic carbocycles. The smallest absolute Gasteiger partial charge is 0.333 e. The second kappa shape index (κ2) is 6.77. The van der Waals surface area contributed by atoms with E-state index in [0.717, 1.165) is 0 Å². The van der Waals surface area contributed by atoms with E-state index < -0.39 is 47.7 Å². The van der Waals surface area contributed by atoms with Crippen LogP contribution in [0.2, 0.25) is 0 Å². The first-order chi connectivity index (χ1) is 9.90. The third-order valence-corrected chi connectivity index (χ3v) is 3.42. The fourth-order valence-electron chi connectivity index (χ4n) is 2.57. The maximum absolute atomic E-state index is 11.5. The highest BCUT2D eigenvalue weighted by atomic mass is 17.2.